The predicted octanol–water partition coefficient (Wildman–Crippen LogP) is 4.85. The molecule has 0 fully saturated rings. The molecule has 0 aromatic heterocycles. The quantitative estimate of drug-likeness (QED) is 0.320. The summed E-state index contributed by atoms with van der Waals surface area (Å²) < 4.78 is 39.6. The normalized spacial score (nSPS) is 12.2. The molecule has 0 aliphatic heterocycles. The average molecular weight is 568 g/mol. The van der Waals surface area contributed by atoms with Gasteiger partial charge in [-0.2, -0.15) is 0 Å². The van der Waals surface area contributed by atoms with E-state index in [0.29, 0.717) is 12.1 Å². The molecule has 0 spiro atoms. The minimum absolute atomic E-state index is 0.0271. The molecular formula is C31H38FN3O4S. The lowest BCUT2D eigenvalue weighted by Gasteiger charge is -2.33. The highest BCUT2D eigenvalue weighted by molar-refractivity contribution is 7.92. The van der Waals surface area contributed by atoms with Gasteiger partial charge in [0, 0.05) is 32.0 Å². The van der Waals surface area contributed by atoms with Crippen LogP contribution in [0.25, 0.3) is 0 Å². The highest BCUT2D eigenvalue weighted by Crippen LogP contribution is 2.21. The second-order valence-electron chi connectivity index (χ2n) is 10.2. The first-order valence-electron chi connectivity index (χ1n) is 13.4. The second kappa shape index (κ2) is 14.1. The molecule has 0 aliphatic carbocycles. The highest BCUT2D eigenvalue weighted by Gasteiger charge is 2.31. The maximum atomic E-state index is 13.8. The first kappa shape index (κ1) is 30.8. The Hall–Kier alpha value is -3.72. The fraction of sp³-hybridized carbons (Fsp3) is 0.355. The third-order valence-corrected chi connectivity index (χ3v) is 7.76. The van der Waals surface area contributed by atoms with Crippen molar-refractivity contribution in [3.05, 3.63) is 101 Å². The van der Waals surface area contributed by atoms with Gasteiger partial charge in [-0.15, -0.1) is 0 Å². The average Bonchev–Trinajstić information content (AvgIpc) is 2.89. The molecule has 0 bridgehead atoms. The van der Waals surface area contributed by atoms with Gasteiger partial charge in [-0.25, -0.2) is 12.8 Å². The monoisotopic (exact) mass is 567 g/mol. The molecule has 3 rings (SSSR count). The number of rotatable bonds is 13. The summed E-state index contributed by atoms with van der Waals surface area (Å²) in [5, 5.41) is 2.97. The van der Waals surface area contributed by atoms with E-state index in [1.165, 1.54) is 28.6 Å². The molecule has 3 aromatic carbocycles. The molecule has 0 saturated heterocycles. The zero-order valence-corrected chi connectivity index (χ0v) is 24.3. The maximum absolute atomic E-state index is 13.8. The minimum atomic E-state index is -3.67. The molecule has 7 nitrogen and oxygen atoms in total. The molecule has 214 valence electrons. The van der Waals surface area contributed by atoms with Crippen LogP contribution in [-0.2, 0) is 32.6 Å². The van der Waals surface area contributed by atoms with Crippen LogP contribution in [-0.4, -0.2) is 50.0 Å². The topological polar surface area (TPSA) is 86.8 Å². The number of amides is 2. The van der Waals surface area contributed by atoms with Gasteiger partial charge >= 0.3 is 0 Å². The van der Waals surface area contributed by atoms with Gasteiger partial charge in [0.25, 0.3) is 0 Å². The van der Waals surface area contributed by atoms with Crippen molar-refractivity contribution in [2.75, 3.05) is 17.1 Å². The Kier molecular flexibility index (Phi) is 10.8. The number of carbonyl (C=O) groups is 2. The number of nitrogens with zero attached hydrogens (tertiary/aromatic N) is 2. The molecule has 0 unspecified atom stereocenters. The van der Waals surface area contributed by atoms with Crippen molar-refractivity contribution < 1.29 is 22.4 Å². The van der Waals surface area contributed by atoms with E-state index in [-0.39, 0.29) is 43.8 Å². The van der Waals surface area contributed by atoms with E-state index in [1.807, 2.05) is 75.4 Å². The molecule has 0 radical (unpaired) electrons. The third kappa shape index (κ3) is 8.91. The van der Waals surface area contributed by atoms with Crippen molar-refractivity contribution in [1.82, 2.24) is 10.2 Å². The predicted molar refractivity (Wildman–Crippen MR) is 157 cm³/mol. The van der Waals surface area contributed by atoms with Gasteiger partial charge in [0.1, 0.15) is 11.9 Å². The lowest BCUT2D eigenvalue weighted by atomic mass is 10.0. The number of anilines is 1. The van der Waals surface area contributed by atoms with Crippen LogP contribution < -0.4 is 9.62 Å². The van der Waals surface area contributed by atoms with Gasteiger partial charge in [-0.3, -0.25) is 13.9 Å². The fourth-order valence-corrected chi connectivity index (χ4v) is 5.48. The Morgan fingerprint density at radius 3 is 2.15 bits per heavy atom. The Balaban J connectivity index is 1.88. The number of sulfonamides is 1. The van der Waals surface area contributed by atoms with Gasteiger partial charge in [-0.1, -0.05) is 54.6 Å². The Bertz CT molecular complexity index is 1380. The van der Waals surface area contributed by atoms with Gasteiger partial charge in [0.2, 0.25) is 21.8 Å². The summed E-state index contributed by atoms with van der Waals surface area (Å²) in [6.45, 7) is 5.99. The summed E-state index contributed by atoms with van der Waals surface area (Å²) in [5.41, 5.74) is 3.18. The van der Waals surface area contributed by atoms with E-state index in [9.17, 15) is 22.4 Å². The van der Waals surface area contributed by atoms with Gasteiger partial charge < -0.3 is 10.2 Å². The molecule has 1 atom stereocenters. The van der Waals surface area contributed by atoms with Crippen LogP contribution in [0.15, 0.2) is 78.9 Å². The first-order chi connectivity index (χ1) is 19.0. The molecule has 0 aliphatic rings. The lowest BCUT2D eigenvalue weighted by Crippen LogP contribution is -2.52. The van der Waals surface area contributed by atoms with E-state index in [2.05, 4.69) is 5.32 Å². The molecule has 0 heterocycles. The number of carbonyl (C=O) groups excluding carboxylic acids is 2. The van der Waals surface area contributed by atoms with Gasteiger partial charge in [-0.05, 0) is 68.1 Å². The minimum Gasteiger partial charge on any atom is -0.352 e. The Morgan fingerprint density at radius 1 is 0.925 bits per heavy atom. The second-order valence-corrected chi connectivity index (χ2v) is 12.1. The van der Waals surface area contributed by atoms with Crippen molar-refractivity contribution in [2.45, 2.75) is 58.7 Å². The van der Waals surface area contributed by atoms with E-state index < -0.39 is 21.9 Å². The zero-order chi connectivity index (χ0) is 29.3. The maximum Gasteiger partial charge on any atom is 0.243 e. The highest BCUT2D eigenvalue weighted by atomic mass is 32.2. The van der Waals surface area contributed by atoms with Crippen LogP contribution in [0, 0.1) is 12.7 Å². The van der Waals surface area contributed by atoms with E-state index in [1.54, 1.807) is 4.90 Å². The molecule has 9 heteroatoms. The summed E-state index contributed by atoms with van der Waals surface area (Å²) in [6, 6.07) is 21.6. The summed E-state index contributed by atoms with van der Waals surface area (Å²) >= 11 is 0. The van der Waals surface area contributed by atoms with Crippen LogP contribution in [0.3, 0.4) is 0 Å². The standard InChI is InChI=1S/C31H38FN3O4S/c1-23(2)33-31(37)29(21-25-12-6-5-7-13-25)34(22-26-14-9-8-11-24(26)3)30(36)15-10-20-35(40(4,38)39)28-18-16-27(32)17-19-28/h5-9,11-14,16-19,23,29H,10,15,20-22H2,1-4H3,(H,33,37)/t29-/m1/s1. The summed E-state index contributed by atoms with van der Waals surface area (Å²) in [4.78, 5) is 28.9. The molecule has 1 N–H and O–H groups in total. The molecule has 3 aromatic rings. The van der Waals surface area contributed by atoms with Crippen LogP contribution in [0.4, 0.5) is 10.1 Å². The van der Waals surface area contributed by atoms with Crippen LogP contribution in [0.2, 0.25) is 0 Å². The summed E-state index contributed by atoms with van der Waals surface area (Å²) in [7, 11) is -3.67. The van der Waals surface area contributed by atoms with Crippen molar-refractivity contribution in [2.24, 2.45) is 0 Å². The number of aryl methyl sites for hydroxylation is 1. The molecule has 2 amide bonds. The van der Waals surface area contributed by atoms with Crippen LogP contribution in [0.5, 0.6) is 0 Å². The van der Waals surface area contributed by atoms with Crippen molar-refractivity contribution in [1.29, 1.82) is 0 Å². The summed E-state index contributed by atoms with van der Waals surface area (Å²) in [5.74, 6) is -0.969. The van der Waals surface area contributed by atoms with Gasteiger partial charge in [0.15, 0.2) is 0 Å². The van der Waals surface area contributed by atoms with E-state index in [4.69, 9.17) is 0 Å². The smallest absolute Gasteiger partial charge is 0.243 e. The Labute approximate surface area is 237 Å². The largest absolute Gasteiger partial charge is 0.352 e. The van der Waals surface area contributed by atoms with Crippen LogP contribution in [0.1, 0.15) is 43.4 Å². The lowest BCUT2D eigenvalue weighted by molar-refractivity contribution is -0.141. The Morgan fingerprint density at radius 2 is 1.55 bits per heavy atom. The molecular weight excluding hydrogens is 529 g/mol. The van der Waals surface area contributed by atoms with E-state index in [0.717, 1.165) is 22.9 Å². The first-order valence-corrected chi connectivity index (χ1v) is 15.2. The van der Waals surface area contributed by atoms with Crippen molar-refractivity contribution in [3.8, 4) is 0 Å². The number of halogens is 1. The van der Waals surface area contributed by atoms with Crippen molar-refractivity contribution in [3.63, 3.8) is 0 Å². The summed E-state index contributed by atoms with van der Waals surface area (Å²) in [6.07, 6.45) is 1.66. The molecule has 40 heavy (non-hydrogen) atoms. The SMILES string of the molecule is Cc1ccccc1CN(C(=O)CCCN(c1ccc(F)cc1)S(C)(=O)=O)[C@H](Cc1ccccc1)C(=O)NC(C)C. The number of benzene rings is 3. The third-order valence-electron chi connectivity index (χ3n) is 6.57. The van der Waals surface area contributed by atoms with Crippen molar-refractivity contribution >= 4 is 27.5 Å². The number of hydrogen-bond donors (Lipinski definition) is 1. The number of hydrogen-bond acceptors (Lipinski definition) is 4. The molecule has 0 saturated carbocycles. The number of nitrogens with one attached hydrogen (secondary N) is 1. The van der Waals surface area contributed by atoms with Gasteiger partial charge in [0.05, 0.1) is 11.9 Å². The zero-order valence-electron chi connectivity index (χ0n) is 23.5. The fourth-order valence-electron chi connectivity index (χ4n) is 4.52. The van der Waals surface area contributed by atoms with Crippen LogP contribution >= 0.6 is 0 Å². The van der Waals surface area contributed by atoms with E-state index >= 15 is 0 Å².